The summed E-state index contributed by atoms with van der Waals surface area (Å²) >= 11 is 0. The summed E-state index contributed by atoms with van der Waals surface area (Å²) in [5.41, 5.74) is 3.26. The number of fused-ring (bicyclic) bond motifs is 2. The molecule has 2 N–H and O–H groups in total. The first-order valence-corrected chi connectivity index (χ1v) is 10.1. The molecule has 3 saturated heterocycles. The Morgan fingerprint density at radius 2 is 2.11 bits per heavy atom. The number of carbonyl (C=O) groups is 3. The van der Waals surface area contributed by atoms with E-state index in [9.17, 15) is 14.4 Å². The molecule has 7 heteroatoms. The van der Waals surface area contributed by atoms with Gasteiger partial charge in [0.05, 0.1) is 0 Å². The molecule has 0 aromatic heterocycles. The van der Waals surface area contributed by atoms with Gasteiger partial charge >= 0.3 is 0 Å². The Morgan fingerprint density at radius 3 is 2.89 bits per heavy atom. The van der Waals surface area contributed by atoms with Crippen LogP contribution < -0.4 is 10.6 Å². The molecule has 28 heavy (non-hydrogen) atoms. The topological polar surface area (TPSA) is 81.8 Å². The molecule has 3 fully saturated rings. The Balaban J connectivity index is 1.35. The van der Waals surface area contributed by atoms with E-state index in [0.717, 1.165) is 38.3 Å². The fourth-order valence-electron chi connectivity index (χ4n) is 5.44. The van der Waals surface area contributed by atoms with Gasteiger partial charge in [0.1, 0.15) is 6.04 Å². The van der Waals surface area contributed by atoms with E-state index in [1.165, 1.54) is 5.56 Å². The summed E-state index contributed by atoms with van der Waals surface area (Å²) in [6.45, 7) is 7.96. The second kappa shape index (κ2) is 6.39. The number of hydrogen-bond donors (Lipinski definition) is 2. The van der Waals surface area contributed by atoms with Crippen molar-refractivity contribution in [3.8, 4) is 0 Å². The van der Waals surface area contributed by atoms with Gasteiger partial charge in [-0.2, -0.15) is 0 Å². The lowest BCUT2D eigenvalue weighted by Gasteiger charge is -2.29. The normalized spacial score (nSPS) is 32.6. The number of imide groups is 1. The van der Waals surface area contributed by atoms with E-state index in [1.807, 2.05) is 12.1 Å². The molecule has 0 saturated carbocycles. The lowest BCUT2D eigenvalue weighted by molar-refractivity contribution is -0.136. The largest absolute Gasteiger partial charge is 0.322 e. The molecule has 1 aromatic rings. The number of amides is 3. The number of nitrogens with one attached hydrogen (secondary N) is 2. The van der Waals surface area contributed by atoms with Crippen LogP contribution in [-0.4, -0.2) is 59.7 Å². The van der Waals surface area contributed by atoms with Gasteiger partial charge in [0, 0.05) is 44.7 Å². The molecule has 0 aliphatic carbocycles. The average molecular weight is 382 g/mol. The first-order chi connectivity index (χ1) is 13.4. The molecule has 4 aliphatic heterocycles. The van der Waals surface area contributed by atoms with Crippen molar-refractivity contribution in [3.63, 3.8) is 0 Å². The molecule has 4 heterocycles. The van der Waals surface area contributed by atoms with Gasteiger partial charge in [-0.05, 0) is 41.5 Å². The molecule has 7 nitrogen and oxygen atoms in total. The van der Waals surface area contributed by atoms with Gasteiger partial charge < -0.3 is 10.2 Å². The lowest BCUT2D eigenvalue weighted by Crippen LogP contribution is -2.52. The summed E-state index contributed by atoms with van der Waals surface area (Å²) < 4.78 is 0. The number of benzene rings is 1. The third-order valence-electron chi connectivity index (χ3n) is 7.04. The number of piperidine rings is 1. The molecule has 3 atom stereocenters. The maximum absolute atomic E-state index is 13.0. The van der Waals surface area contributed by atoms with Crippen molar-refractivity contribution in [1.29, 1.82) is 0 Å². The second-order valence-electron chi connectivity index (χ2n) is 8.99. The molecule has 3 amide bonds. The van der Waals surface area contributed by atoms with Crippen molar-refractivity contribution in [2.24, 2.45) is 11.3 Å². The van der Waals surface area contributed by atoms with Crippen molar-refractivity contribution in [1.82, 2.24) is 20.4 Å². The molecule has 3 unspecified atom stereocenters. The van der Waals surface area contributed by atoms with E-state index in [-0.39, 0.29) is 24.1 Å². The Labute approximate surface area is 164 Å². The van der Waals surface area contributed by atoms with Crippen LogP contribution in [0.3, 0.4) is 0 Å². The van der Waals surface area contributed by atoms with E-state index in [1.54, 1.807) is 4.90 Å². The monoisotopic (exact) mass is 382 g/mol. The van der Waals surface area contributed by atoms with Gasteiger partial charge in [0.25, 0.3) is 5.91 Å². The van der Waals surface area contributed by atoms with Crippen LogP contribution in [0.25, 0.3) is 0 Å². The molecule has 0 spiro atoms. The number of hydrogen-bond acceptors (Lipinski definition) is 5. The highest BCUT2D eigenvalue weighted by Gasteiger charge is 2.46. The fourth-order valence-corrected chi connectivity index (χ4v) is 5.44. The summed E-state index contributed by atoms with van der Waals surface area (Å²) in [5.74, 6) is -0.0212. The predicted molar refractivity (Wildman–Crippen MR) is 102 cm³/mol. The molecule has 0 radical (unpaired) electrons. The Kier molecular flexibility index (Phi) is 4.07. The quantitative estimate of drug-likeness (QED) is 0.744. The Hall–Kier alpha value is -2.25. The first-order valence-electron chi connectivity index (χ1n) is 10.1. The number of likely N-dealkylation sites (tertiary alicyclic amines) is 1. The SMILES string of the molecule is CC12CNCC1CN(Cc1cccc3c1CN(C1CCC(=O)NC1=O)C3=O)C2. The van der Waals surface area contributed by atoms with Crippen LogP contribution >= 0.6 is 0 Å². The second-order valence-corrected chi connectivity index (χ2v) is 8.99. The summed E-state index contributed by atoms with van der Waals surface area (Å²) in [6.07, 6.45) is 0.685. The summed E-state index contributed by atoms with van der Waals surface area (Å²) in [7, 11) is 0. The Bertz CT molecular complexity index is 869. The third kappa shape index (κ3) is 2.76. The molecule has 5 rings (SSSR count). The van der Waals surface area contributed by atoms with Crippen LogP contribution in [0.1, 0.15) is 41.3 Å². The lowest BCUT2D eigenvalue weighted by atomic mass is 9.83. The van der Waals surface area contributed by atoms with Gasteiger partial charge in [-0.1, -0.05) is 19.1 Å². The maximum Gasteiger partial charge on any atom is 0.255 e. The maximum atomic E-state index is 13.0. The van der Waals surface area contributed by atoms with Crippen molar-refractivity contribution in [2.75, 3.05) is 26.2 Å². The van der Waals surface area contributed by atoms with Crippen molar-refractivity contribution in [2.45, 2.75) is 38.9 Å². The zero-order valence-corrected chi connectivity index (χ0v) is 16.2. The van der Waals surface area contributed by atoms with E-state index < -0.39 is 6.04 Å². The predicted octanol–water partition coefficient (Wildman–Crippen LogP) is 0.489. The van der Waals surface area contributed by atoms with Crippen LogP contribution in [0.2, 0.25) is 0 Å². The average Bonchev–Trinajstić information content (AvgIpc) is 3.26. The zero-order chi connectivity index (χ0) is 19.5. The van der Waals surface area contributed by atoms with Gasteiger partial charge in [0.15, 0.2) is 0 Å². The smallest absolute Gasteiger partial charge is 0.255 e. The van der Waals surface area contributed by atoms with Gasteiger partial charge in [-0.15, -0.1) is 0 Å². The fraction of sp³-hybridized carbons (Fsp3) is 0.571. The summed E-state index contributed by atoms with van der Waals surface area (Å²) in [4.78, 5) is 40.8. The third-order valence-corrected chi connectivity index (χ3v) is 7.04. The number of carbonyl (C=O) groups excluding carboxylic acids is 3. The van der Waals surface area contributed by atoms with E-state index in [0.29, 0.717) is 29.9 Å². The zero-order valence-electron chi connectivity index (χ0n) is 16.2. The summed E-state index contributed by atoms with van der Waals surface area (Å²) in [6, 6.07) is 5.35. The van der Waals surface area contributed by atoms with Gasteiger partial charge in [-0.25, -0.2) is 0 Å². The van der Waals surface area contributed by atoms with Crippen LogP contribution in [-0.2, 0) is 22.7 Å². The molecule has 4 aliphatic rings. The van der Waals surface area contributed by atoms with E-state index >= 15 is 0 Å². The minimum atomic E-state index is -0.554. The molecular formula is C21H26N4O3. The van der Waals surface area contributed by atoms with Crippen molar-refractivity contribution >= 4 is 17.7 Å². The van der Waals surface area contributed by atoms with E-state index in [2.05, 4.69) is 28.5 Å². The van der Waals surface area contributed by atoms with Gasteiger partial charge in [-0.3, -0.25) is 24.6 Å². The van der Waals surface area contributed by atoms with Crippen molar-refractivity contribution in [3.05, 3.63) is 34.9 Å². The minimum absolute atomic E-state index is 0.0965. The highest BCUT2D eigenvalue weighted by atomic mass is 16.2. The van der Waals surface area contributed by atoms with E-state index in [4.69, 9.17) is 0 Å². The highest BCUT2D eigenvalue weighted by molar-refractivity contribution is 6.05. The van der Waals surface area contributed by atoms with Crippen molar-refractivity contribution < 1.29 is 14.4 Å². The molecular weight excluding hydrogens is 356 g/mol. The summed E-state index contributed by atoms with van der Waals surface area (Å²) in [5, 5.41) is 5.87. The van der Waals surface area contributed by atoms with Crippen LogP contribution in [0.15, 0.2) is 18.2 Å². The van der Waals surface area contributed by atoms with Crippen LogP contribution in [0.5, 0.6) is 0 Å². The minimum Gasteiger partial charge on any atom is -0.322 e. The first kappa shape index (κ1) is 17.8. The molecule has 1 aromatic carbocycles. The Morgan fingerprint density at radius 1 is 1.25 bits per heavy atom. The van der Waals surface area contributed by atoms with Crippen LogP contribution in [0.4, 0.5) is 0 Å². The van der Waals surface area contributed by atoms with Crippen LogP contribution in [0, 0.1) is 11.3 Å². The highest BCUT2D eigenvalue weighted by Crippen LogP contribution is 2.39. The van der Waals surface area contributed by atoms with Gasteiger partial charge in [0.2, 0.25) is 11.8 Å². The standard InChI is InChI=1S/C21H26N4O3/c1-21-11-22-7-14(21)9-24(12-21)8-13-3-2-4-15-16(13)10-25(20(15)28)17-5-6-18(26)23-19(17)27/h2-4,14,17,22H,5-12H2,1H3,(H,23,26,27). The number of rotatable bonds is 3. The number of nitrogens with zero attached hydrogens (tertiary/aromatic N) is 2. The molecule has 148 valence electrons. The molecule has 0 bridgehead atoms.